The van der Waals surface area contributed by atoms with Crippen LogP contribution in [-0.2, 0) is 40.5 Å². The molecule has 376 valence electrons. The number of rotatable bonds is 14. The first kappa shape index (κ1) is 55.3. The van der Waals surface area contributed by atoms with Gasteiger partial charge in [-0.1, -0.05) is 24.3 Å². The molecule has 2 aromatic heterocycles. The van der Waals surface area contributed by atoms with Gasteiger partial charge in [-0.05, 0) is 156 Å². The van der Waals surface area contributed by atoms with Crippen molar-refractivity contribution in [3.8, 4) is 35.8 Å². The summed E-state index contributed by atoms with van der Waals surface area (Å²) in [4.78, 5) is 61.8. The molecule has 74 heavy (non-hydrogen) atoms. The number of anilines is 2. The Hall–Kier alpha value is -9.58. The number of benzene rings is 4. The van der Waals surface area contributed by atoms with Crippen LogP contribution in [0.4, 0.5) is 21.0 Å². The lowest BCUT2D eigenvalue weighted by atomic mass is 10.1. The Morgan fingerprint density at radius 3 is 1.38 bits per heavy atom. The Morgan fingerprint density at radius 2 is 0.986 bits per heavy atom. The molecule has 17 nitrogen and oxygen atoms in total. The lowest BCUT2D eigenvalue weighted by Gasteiger charge is -2.28. The SMILES string of the molecule is COC(=O)c1ncc(CN(C(=O)OC(C)(C)C)c2ccc(C#N)cc2)c(C)c1OCc1cccc(C#N)c1.Cc1c(CN(C(=O)OC(C)(C)C)c2ccc(C#N)cc2)cnc(C=O)c1OCc1cccc(C#N)c1. The molecule has 0 aliphatic rings. The highest BCUT2D eigenvalue weighted by Crippen LogP contribution is 2.31. The van der Waals surface area contributed by atoms with Crippen LogP contribution in [-0.4, -0.2) is 52.7 Å². The molecule has 0 saturated carbocycles. The predicted molar refractivity (Wildman–Crippen MR) is 273 cm³/mol. The standard InChI is InChI=1S/C29H28N4O5.C28H26N4O4/c1-19-23(17-33(28(35)38-29(2,3)4)24-11-9-20(14-30)10-12-24)16-32-25(27(34)36-5)26(19)37-18-22-8-6-7-21(13-22)15-31;1-19-23(15-31-25(17-33)26(19)35-18-22-7-5-6-21(12-22)14-30)16-32(27(34)36-28(2,3)4)24-10-8-20(13-29)9-11-24/h6-13,16H,17-18H2,1-5H3;5-12,15,17H,16,18H2,1-4H3. The molecule has 0 N–H and O–H groups in total. The van der Waals surface area contributed by atoms with Crippen LogP contribution >= 0.6 is 0 Å². The van der Waals surface area contributed by atoms with Crippen molar-refractivity contribution >= 4 is 35.8 Å². The molecule has 0 unspecified atom stereocenters. The second-order valence-electron chi connectivity index (χ2n) is 18.5. The Bertz CT molecular complexity index is 3190. The third kappa shape index (κ3) is 15.2. The van der Waals surface area contributed by atoms with Crippen LogP contribution in [0.5, 0.6) is 11.5 Å². The Balaban J connectivity index is 0.000000274. The van der Waals surface area contributed by atoms with Crippen LogP contribution in [0.1, 0.15) is 118 Å². The topological polar surface area (TPSA) is 242 Å². The van der Waals surface area contributed by atoms with E-state index in [9.17, 15) is 24.4 Å². The van der Waals surface area contributed by atoms with Crippen LogP contribution in [0.15, 0.2) is 109 Å². The van der Waals surface area contributed by atoms with Crippen molar-refractivity contribution in [3.63, 3.8) is 0 Å². The van der Waals surface area contributed by atoms with Crippen LogP contribution < -0.4 is 19.3 Å². The van der Waals surface area contributed by atoms with Crippen molar-refractivity contribution in [3.05, 3.63) is 176 Å². The third-order valence-corrected chi connectivity index (χ3v) is 10.7. The number of methoxy groups -OCH3 is 1. The fraction of sp³-hybridized carbons (Fsp3) is 0.263. The number of aromatic nitrogens is 2. The molecule has 0 spiro atoms. The van der Waals surface area contributed by atoms with Crippen LogP contribution in [0, 0.1) is 59.2 Å². The molecule has 17 heteroatoms. The van der Waals surface area contributed by atoms with Crippen LogP contribution in [0.25, 0.3) is 0 Å². The lowest BCUT2D eigenvalue weighted by Crippen LogP contribution is -2.36. The number of ether oxygens (including phenoxy) is 5. The summed E-state index contributed by atoms with van der Waals surface area (Å²) < 4.78 is 28.1. The van der Waals surface area contributed by atoms with Gasteiger partial charge in [-0.3, -0.25) is 14.6 Å². The second kappa shape index (κ2) is 25.0. The zero-order valence-electron chi connectivity index (χ0n) is 42.6. The first-order chi connectivity index (χ1) is 35.2. The molecule has 0 bridgehead atoms. The van der Waals surface area contributed by atoms with E-state index in [1.54, 1.807) is 146 Å². The summed E-state index contributed by atoms with van der Waals surface area (Å²) >= 11 is 0. The van der Waals surface area contributed by atoms with Gasteiger partial charge < -0.3 is 23.7 Å². The van der Waals surface area contributed by atoms with Crippen molar-refractivity contribution in [1.82, 2.24) is 9.97 Å². The highest BCUT2D eigenvalue weighted by Gasteiger charge is 2.28. The number of hydrogen-bond donors (Lipinski definition) is 0. The average molecular weight is 995 g/mol. The highest BCUT2D eigenvalue weighted by atomic mass is 16.6. The Morgan fingerprint density at radius 1 is 0.581 bits per heavy atom. The van der Waals surface area contributed by atoms with Gasteiger partial charge in [0.1, 0.15) is 30.1 Å². The summed E-state index contributed by atoms with van der Waals surface area (Å²) in [5.74, 6) is -0.161. The van der Waals surface area contributed by atoms with Gasteiger partial charge >= 0.3 is 18.2 Å². The molecule has 2 heterocycles. The van der Waals surface area contributed by atoms with Crippen molar-refractivity contribution in [1.29, 1.82) is 21.0 Å². The zero-order valence-corrected chi connectivity index (χ0v) is 42.6. The number of esters is 1. The molecule has 6 rings (SSSR count). The molecular weight excluding hydrogens is 941 g/mol. The van der Waals surface area contributed by atoms with Gasteiger partial charge in [0.05, 0.1) is 66.7 Å². The van der Waals surface area contributed by atoms with E-state index in [-0.39, 0.29) is 43.4 Å². The second-order valence-corrected chi connectivity index (χ2v) is 18.5. The zero-order chi connectivity index (χ0) is 54.2. The van der Waals surface area contributed by atoms with Gasteiger partial charge in [-0.25, -0.2) is 24.4 Å². The van der Waals surface area contributed by atoms with Crippen LogP contribution in [0.3, 0.4) is 0 Å². The fourth-order valence-electron chi connectivity index (χ4n) is 6.97. The molecule has 0 fully saturated rings. The van der Waals surface area contributed by atoms with E-state index < -0.39 is 29.4 Å². The Kier molecular flexibility index (Phi) is 18.7. The molecule has 2 amide bonds. The highest BCUT2D eigenvalue weighted by molar-refractivity contribution is 5.91. The van der Waals surface area contributed by atoms with E-state index in [4.69, 9.17) is 39.5 Å². The molecular formula is C57H54N8O9. The smallest absolute Gasteiger partial charge is 0.415 e. The first-order valence-electron chi connectivity index (χ1n) is 23.0. The first-order valence-corrected chi connectivity index (χ1v) is 23.0. The summed E-state index contributed by atoms with van der Waals surface area (Å²) in [5.41, 5.74) is 5.62. The van der Waals surface area contributed by atoms with E-state index >= 15 is 0 Å². The predicted octanol–water partition coefficient (Wildman–Crippen LogP) is 10.9. The molecule has 4 aromatic carbocycles. The quantitative estimate of drug-likeness (QED) is 0.0560. The van der Waals surface area contributed by atoms with Gasteiger partial charge in [0.2, 0.25) is 0 Å². The van der Waals surface area contributed by atoms with Gasteiger partial charge in [0.15, 0.2) is 23.5 Å². The number of hydrogen-bond acceptors (Lipinski definition) is 15. The lowest BCUT2D eigenvalue weighted by molar-refractivity contribution is 0.0566. The normalized spacial score (nSPS) is 10.6. The number of pyridine rings is 2. The molecule has 6 aromatic rings. The Labute approximate surface area is 430 Å². The largest absolute Gasteiger partial charge is 0.486 e. The number of amides is 2. The molecule has 0 saturated heterocycles. The van der Waals surface area contributed by atoms with Gasteiger partial charge in [0.25, 0.3) is 0 Å². The van der Waals surface area contributed by atoms with E-state index in [1.807, 2.05) is 6.07 Å². The maximum atomic E-state index is 13.2. The maximum Gasteiger partial charge on any atom is 0.415 e. The van der Waals surface area contributed by atoms with Crippen molar-refractivity contribution in [2.75, 3.05) is 16.9 Å². The average Bonchev–Trinajstić information content (AvgIpc) is 3.38. The molecule has 0 radical (unpaired) electrons. The van der Waals surface area contributed by atoms with Crippen LogP contribution in [0.2, 0.25) is 0 Å². The third-order valence-electron chi connectivity index (χ3n) is 10.7. The number of nitrogens with zero attached hydrogens (tertiary/aromatic N) is 8. The molecule has 0 atom stereocenters. The summed E-state index contributed by atoms with van der Waals surface area (Å²) in [6.45, 7) is 14.6. The molecule has 0 aliphatic heterocycles. The van der Waals surface area contributed by atoms with Crippen molar-refractivity contribution in [2.45, 2.75) is 92.9 Å². The summed E-state index contributed by atoms with van der Waals surface area (Å²) in [6.07, 6.45) is 2.48. The van der Waals surface area contributed by atoms with E-state index in [1.165, 1.54) is 29.3 Å². The summed E-state index contributed by atoms with van der Waals surface area (Å²) in [6, 6.07) is 35.4. The summed E-state index contributed by atoms with van der Waals surface area (Å²) in [5, 5.41) is 36.6. The number of carbonyl (C=O) groups is 4. The molecule has 0 aliphatic carbocycles. The van der Waals surface area contributed by atoms with E-state index in [0.29, 0.717) is 67.9 Å². The summed E-state index contributed by atoms with van der Waals surface area (Å²) in [7, 11) is 1.25. The fourth-order valence-corrected chi connectivity index (χ4v) is 6.97. The number of carbonyl (C=O) groups excluding carboxylic acids is 4. The minimum Gasteiger partial charge on any atom is -0.486 e. The number of nitriles is 4. The minimum atomic E-state index is -0.740. The van der Waals surface area contributed by atoms with Gasteiger partial charge in [0, 0.05) is 29.3 Å². The van der Waals surface area contributed by atoms with E-state index in [0.717, 1.165) is 11.1 Å². The van der Waals surface area contributed by atoms with Gasteiger partial charge in [-0.2, -0.15) is 21.0 Å². The van der Waals surface area contributed by atoms with E-state index in [2.05, 4.69) is 34.2 Å². The van der Waals surface area contributed by atoms with Crippen molar-refractivity contribution < 1.29 is 42.9 Å². The minimum absolute atomic E-state index is 0.00706. The van der Waals surface area contributed by atoms with Gasteiger partial charge in [-0.15, -0.1) is 0 Å². The number of aldehydes is 1. The maximum absolute atomic E-state index is 13.2. The van der Waals surface area contributed by atoms with Crippen molar-refractivity contribution in [2.24, 2.45) is 0 Å². The monoisotopic (exact) mass is 994 g/mol.